The zero-order valence-corrected chi connectivity index (χ0v) is 26.9. The second kappa shape index (κ2) is 14.6. The molecular weight excluding hydrogens is 625 g/mol. The number of likely N-dealkylation sites (tertiary alicyclic amines) is 2. The van der Waals surface area contributed by atoms with Crippen LogP contribution in [-0.2, 0) is 26.1 Å². The van der Waals surface area contributed by atoms with Gasteiger partial charge in [-0.25, -0.2) is 14.4 Å². The van der Waals surface area contributed by atoms with Crippen LogP contribution in [0.2, 0.25) is 5.02 Å². The van der Waals surface area contributed by atoms with Crippen molar-refractivity contribution in [1.82, 2.24) is 19.8 Å². The summed E-state index contributed by atoms with van der Waals surface area (Å²) in [6, 6.07) is 4.64. The third kappa shape index (κ3) is 8.82. The summed E-state index contributed by atoms with van der Waals surface area (Å²) >= 11 is 5.88. The van der Waals surface area contributed by atoms with E-state index in [-0.39, 0.29) is 36.8 Å². The maximum Gasteiger partial charge on any atom is 0.264 e. The van der Waals surface area contributed by atoms with Gasteiger partial charge in [-0.2, -0.15) is 8.42 Å². The van der Waals surface area contributed by atoms with E-state index < -0.39 is 21.5 Å². The first kappa shape index (κ1) is 33.3. The molecule has 2 aromatic rings. The molecule has 5 rings (SSSR count). The quantitative estimate of drug-likeness (QED) is 0.247. The zero-order chi connectivity index (χ0) is 32.0. The maximum atomic E-state index is 14.9. The summed E-state index contributed by atoms with van der Waals surface area (Å²) in [5.74, 6) is 0.658. The van der Waals surface area contributed by atoms with Crippen molar-refractivity contribution >= 4 is 39.5 Å². The minimum Gasteiger partial charge on any atom is -0.493 e. The molecule has 11 nitrogen and oxygen atoms in total. The number of aromatic nitrogens is 2. The molecule has 0 aliphatic carbocycles. The lowest BCUT2D eigenvalue weighted by molar-refractivity contribution is -0.153. The molecule has 1 aromatic heterocycles. The molecule has 0 radical (unpaired) electrons. The number of benzene rings is 1. The fourth-order valence-corrected chi connectivity index (χ4v) is 7.35. The van der Waals surface area contributed by atoms with Gasteiger partial charge in [-0.05, 0) is 68.9 Å². The Balaban J connectivity index is 0.999. The predicted molar refractivity (Wildman–Crippen MR) is 167 cm³/mol. The second-order valence-electron chi connectivity index (χ2n) is 12.4. The SMILES string of the molecule is O=C(Cc1ccc(OCCCC2CCN(c3ncc(Cl)cn3)CC2)cc1F)N1CC2(CCCN2C(=O)CCCCS(=O)(=O)O)C1. The number of unbranched alkanes of at least 4 members (excludes halogenated alkanes) is 1. The van der Waals surface area contributed by atoms with E-state index in [1.54, 1.807) is 29.4 Å². The number of ether oxygens (including phenoxy) is 1. The van der Waals surface area contributed by atoms with Gasteiger partial charge in [0.1, 0.15) is 11.6 Å². The van der Waals surface area contributed by atoms with E-state index in [9.17, 15) is 22.4 Å². The summed E-state index contributed by atoms with van der Waals surface area (Å²) in [5.41, 5.74) is -0.0864. The molecule has 2 amide bonds. The van der Waals surface area contributed by atoms with Gasteiger partial charge < -0.3 is 19.4 Å². The lowest BCUT2D eigenvalue weighted by Gasteiger charge is -2.52. The average molecular weight is 666 g/mol. The highest BCUT2D eigenvalue weighted by Gasteiger charge is 2.53. The van der Waals surface area contributed by atoms with Crippen molar-refractivity contribution in [2.24, 2.45) is 5.92 Å². The Morgan fingerprint density at radius 3 is 2.49 bits per heavy atom. The average Bonchev–Trinajstić information content (AvgIpc) is 3.44. The molecule has 0 bridgehead atoms. The van der Waals surface area contributed by atoms with Crippen LogP contribution in [0.1, 0.15) is 63.4 Å². The van der Waals surface area contributed by atoms with Gasteiger partial charge in [0, 0.05) is 45.2 Å². The number of rotatable bonds is 13. The smallest absolute Gasteiger partial charge is 0.264 e. The summed E-state index contributed by atoms with van der Waals surface area (Å²) in [5, 5.41) is 0.525. The summed E-state index contributed by atoms with van der Waals surface area (Å²) in [6.07, 6.45) is 9.58. The van der Waals surface area contributed by atoms with E-state index >= 15 is 0 Å². The minimum absolute atomic E-state index is 0.0637. The van der Waals surface area contributed by atoms with Crippen molar-refractivity contribution in [2.45, 2.75) is 69.7 Å². The van der Waals surface area contributed by atoms with Crippen molar-refractivity contribution in [3.05, 3.63) is 47.0 Å². The topological polar surface area (TPSA) is 133 Å². The highest BCUT2D eigenvalue weighted by atomic mass is 35.5. The molecule has 1 aromatic carbocycles. The Bertz CT molecular complexity index is 1450. The molecule has 3 aliphatic rings. The summed E-state index contributed by atoms with van der Waals surface area (Å²) < 4.78 is 51.4. The molecule has 0 saturated carbocycles. The Morgan fingerprint density at radius 2 is 1.80 bits per heavy atom. The fourth-order valence-electron chi connectivity index (χ4n) is 6.68. The van der Waals surface area contributed by atoms with Crippen LogP contribution in [0.15, 0.2) is 30.6 Å². The first-order valence-electron chi connectivity index (χ1n) is 15.7. The summed E-state index contributed by atoms with van der Waals surface area (Å²) in [7, 11) is -4.03. The lowest BCUT2D eigenvalue weighted by Crippen LogP contribution is -2.70. The van der Waals surface area contributed by atoms with Gasteiger partial charge >= 0.3 is 0 Å². The number of hydrogen-bond donors (Lipinski definition) is 1. The third-order valence-electron chi connectivity index (χ3n) is 9.16. The maximum absolute atomic E-state index is 14.9. The summed E-state index contributed by atoms with van der Waals surface area (Å²) in [6.45, 7) is 3.72. The molecular formula is C31H41ClFN5O6S. The lowest BCUT2D eigenvalue weighted by atomic mass is 9.86. The number of carbonyl (C=O) groups is 2. The molecule has 0 atom stereocenters. The normalized spacial score (nSPS) is 18.3. The van der Waals surface area contributed by atoms with Crippen LogP contribution in [0.25, 0.3) is 0 Å². The van der Waals surface area contributed by atoms with Crippen LogP contribution in [-0.4, -0.2) is 95.2 Å². The van der Waals surface area contributed by atoms with Crippen molar-refractivity contribution in [1.29, 1.82) is 0 Å². The zero-order valence-electron chi connectivity index (χ0n) is 25.4. The number of halogens is 2. The van der Waals surface area contributed by atoms with Gasteiger partial charge in [-0.3, -0.25) is 14.1 Å². The molecule has 3 saturated heterocycles. The molecule has 45 heavy (non-hydrogen) atoms. The van der Waals surface area contributed by atoms with Crippen LogP contribution >= 0.6 is 11.6 Å². The summed E-state index contributed by atoms with van der Waals surface area (Å²) in [4.78, 5) is 40.0. The first-order chi connectivity index (χ1) is 21.5. The van der Waals surface area contributed by atoms with Crippen LogP contribution < -0.4 is 9.64 Å². The Hall–Kier alpha value is -3.03. The van der Waals surface area contributed by atoms with E-state index in [1.807, 2.05) is 4.90 Å². The molecule has 3 aliphatic heterocycles. The van der Waals surface area contributed by atoms with Crippen LogP contribution in [0.3, 0.4) is 0 Å². The molecule has 1 spiro atoms. The predicted octanol–water partition coefficient (Wildman–Crippen LogP) is 4.15. The van der Waals surface area contributed by atoms with Crippen molar-refractivity contribution < 1.29 is 31.7 Å². The number of amides is 2. The first-order valence-corrected chi connectivity index (χ1v) is 17.7. The molecule has 246 valence electrons. The number of hydrogen-bond acceptors (Lipinski definition) is 8. The Labute approximate surface area is 268 Å². The molecule has 0 unspecified atom stereocenters. The van der Waals surface area contributed by atoms with E-state index in [2.05, 4.69) is 14.9 Å². The third-order valence-corrected chi connectivity index (χ3v) is 10.2. The number of piperidine rings is 1. The van der Waals surface area contributed by atoms with Gasteiger partial charge in [-0.15, -0.1) is 0 Å². The van der Waals surface area contributed by atoms with E-state index in [0.717, 1.165) is 51.6 Å². The van der Waals surface area contributed by atoms with Crippen LogP contribution in [0.4, 0.5) is 10.3 Å². The van der Waals surface area contributed by atoms with Gasteiger partial charge in [0.15, 0.2) is 0 Å². The van der Waals surface area contributed by atoms with E-state index in [1.165, 1.54) is 6.07 Å². The fraction of sp³-hybridized carbons (Fsp3) is 0.613. The van der Waals surface area contributed by atoms with E-state index in [0.29, 0.717) is 60.9 Å². The number of anilines is 1. The van der Waals surface area contributed by atoms with Crippen LogP contribution in [0.5, 0.6) is 5.75 Å². The molecule has 3 fully saturated rings. The monoisotopic (exact) mass is 665 g/mol. The Kier molecular flexibility index (Phi) is 10.8. The highest BCUT2D eigenvalue weighted by molar-refractivity contribution is 7.85. The second-order valence-corrected chi connectivity index (χ2v) is 14.4. The van der Waals surface area contributed by atoms with Crippen molar-refractivity contribution in [3.8, 4) is 5.75 Å². The van der Waals surface area contributed by atoms with Gasteiger partial charge in [0.25, 0.3) is 10.1 Å². The largest absolute Gasteiger partial charge is 0.493 e. The molecule has 14 heteroatoms. The van der Waals surface area contributed by atoms with Crippen molar-refractivity contribution in [3.63, 3.8) is 0 Å². The Morgan fingerprint density at radius 1 is 1.07 bits per heavy atom. The minimum atomic E-state index is -4.03. The van der Waals surface area contributed by atoms with Crippen molar-refractivity contribution in [2.75, 3.05) is 50.0 Å². The number of carbonyl (C=O) groups excluding carboxylic acids is 2. The van der Waals surface area contributed by atoms with Gasteiger partial charge in [-0.1, -0.05) is 17.7 Å². The standard InChI is InChI=1S/C31H41ClFN5O6S/c32-25-19-34-30(35-20-25)36-13-9-23(10-14-36)5-3-15-44-26-8-7-24(27(33)18-26)17-29(40)37-21-31(22-37)11-4-12-38(31)28(39)6-1-2-16-45(41,42)43/h7-8,18-20,23H,1-6,9-17,21-22H2,(H,41,42,43). The molecule has 1 N–H and O–H groups in total. The van der Waals surface area contributed by atoms with E-state index in [4.69, 9.17) is 20.9 Å². The van der Waals surface area contributed by atoms with Gasteiger partial charge in [0.05, 0.1) is 41.7 Å². The number of nitrogens with zero attached hydrogens (tertiary/aromatic N) is 5. The highest BCUT2D eigenvalue weighted by Crippen LogP contribution is 2.38. The van der Waals surface area contributed by atoms with Crippen LogP contribution in [0, 0.1) is 11.7 Å². The molecule has 4 heterocycles. The van der Waals surface area contributed by atoms with Gasteiger partial charge in [0.2, 0.25) is 17.8 Å².